The summed E-state index contributed by atoms with van der Waals surface area (Å²) in [6.07, 6.45) is 3.72. The van der Waals surface area contributed by atoms with Crippen molar-refractivity contribution >= 4 is 0 Å². The maximum Gasteiger partial charge on any atom is 0.0303 e. The fraction of sp³-hybridized carbons (Fsp3) is 0.500. The average molecular weight is 177 g/mol. The van der Waals surface area contributed by atoms with E-state index in [0.29, 0.717) is 5.92 Å². The number of aromatic nitrogens is 1. The third-order valence-electron chi connectivity index (χ3n) is 2.66. The highest BCUT2D eigenvalue weighted by atomic mass is 15.1. The molecular weight excluding hydrogens is 162 g/mol. The van der Waals surface area contributed by atoms with E-state index in [-0.39, 0.29) is 6.04 Å². The van der Waals surface area contributed by atoms with Crippen molar-refractivity contribution < 1.29 is 0 Å². The minimum absolute atomic E-state index is 0.259. The second-order valence-corrected chi connectivity index (χ2v) is 3.78. The number of nitrogens with zero attached hydrogens (tertiary/aromatic N) is 2. The van der Waals surface area contributed by atoms with Gasteiger partial charge in [-0.3, -0.25) is 4.98 Å². The Morgan fingerprint density at radius 3 is 2.92 bits per heavy atom. The first-order valence-corrected chi connectivity index (χ1v) is 4.61. The van der Waals surface area contributed by atoms with E-state index < -0.39 is 0 Å². The highest BCUT2D eigenvalue weighted by molar-refractivity contribution is 5.19. The lowest BCUT2D eigenvalue weighted by Crippen LogP contribution is -2.27. The number of hydrogen-bond donors (Lipinski definition) is 1. The first kappa shape index (κ1) is 8.66. The van der Waals surface area contributed by atoms with Crippen LogP contribution in [0.15, 0.2) is 24.5 Å². The van der Waals surface area contributed by atoms with Gasteiger partial charge in [0.05, 0.1) is 0 Å². The zero-order valence-corrected chi connectivity index (χ0v) is 7.85. The molecule has 0 unspecified atom stereocenters. The average Bonchev–Trinajstić information content (AvgIpc) is 2.47. The molecule has 0 amide bonds. The van der Waals surface area contributed by atoms with E-state index in [1.807, 2.05) is 12.3 Å². The maximum atomic E-state index is 6.03. The molecule has 0 radical (unpaired) electrons. The first-order chi connectivity index (χ1) is 6.27. The fourth-order valence-electron chi connectivity index (χ4n) is 1.98. The van der Waals surface area contributed by atoms with Crippen molar-refractivity contribution in [3.05, 3.63) is 30.1 Å². The number of nitrogens with two attached hydrogens (primary N) is 1. The molecule has 2 heterocycles. The van der Waals surface area contributed by atoms with Crippen molar-refractivity contribution in [3.8, 4) is 0 Å². The number of hydrogen-bond acceptors (Lipinski definition) is 3. The maximum absolute atomic E-state index is 6.03. The molecule has 1 fully saturated rings. The van der Waals surface area contributed by atoms with Crippen LogP contribution < -0.4 is 5.73 Å². The third-order valence-corrected chi connectivity index (χ3v) is 2.66. The third kappa shape index (κ3) is 1.71. The van der Waals surface area contributed by atoms with Crippen LogP contribution in [0.4, 0.5) is 0 Å². The fourth-order valence-corrected chi connectivity index (χ4v) is 1.98. The Labute approximate surface area is 78.6 Å². The lowest BCUT2D eigenvalue weighted by atomic mass is 9.97. The van der Waals surface area contributed by atoms with E-state index in [9.17, 15) is 0 Å². The smallest absolute Gasteiger partial charge is 0.0303 e. The van der Waals surface area contributed by atoms with Gasteiger partial charge in [-0.1, -0.05) is 6.07 Å². The zero-order chi connectivity index (χ0) is 9.26. The van der Waals surface area contributed by atoms with Crippen molar-refractivity contribution in [3.63, 3.8) is 0 Å². The summed E-state index contributed by atoms with van der Waals surface area (Å²) in [6, 6.07) is 4.34. The summed E-state index contributed by atoms with van der Waals surface area (Å²) in [4.78, 5) is 6.38. The van der Waals surface area contributed by atoms with Gasteiger partial charge in [0, 0.05) is 37.4 Å². The van der Waals surface area contributed by atoms with Crippen molar-refractivity contribution in [2.75, 3.05) is 20.1 Å². The van der Waals surface area contributed by atoms with Gasteiger partial charge in [0.1, 0.15) is 0 Å². The van der Waals surface area contributed by atoms with Gasteiger partial charge in [-0.15, -0.1) is 0 Å². The number of pyridine rings is 1. The topological polar surface area (TPSA) is 42.2 Å². The van der Waals surface area contributed by atoms with Gasteiger partial charge in [-0.2, -0.15) is 0 Å². The molecule has 13 heavy (non-hydrogen) atoms. The van der Waals surface area contributed by atoms with E-state index in [4.69, 9.17) is 5.73 Å². The molecule has 1 aliphatic heterocycles. The molecule has 2 rings (SSSR count). The van der Waals surface area contributed by atoms with Crippen molar-refractivity contribution in [1.29, 1.82) is 0 Å². The molecule has 1 aliphatic rings. The second-order valence-electron chi connectivity index (χ2n) is 3.78. The molecule has 0 bridgehead atoms. The monoisotopic (exact) mass is 177 g/mol. The van der Waals surface area contributed by atoms with Crippen LogP contribution in [0.2, 0.25) is 0 Å². The van der Waals surface area contributed by atoms with Gasteiger partial charge in [0.25, 0.3) is 0 Å². The molecule has 0 aromatic carbocycles. The van der Waals surface area contributed by atoms with Crippen LogP contribution in [0.5, 0.6) is 0 Å². The predicted octanol–water partition coefficient (Wildman–Crippen LogP) is 0.438. The molecule has 1 aromatic heterocycles. The van der Waals surface area contributed by atoms with Crippen LogP contribution in [0.25, 0.3) is 0 Å². The minimum Gasteiger partial charge on any atom is -0.326 e. The normalized spacial score (nSPS) is 29.4. The summed E-state index contributed by atoms with van der Waals surface area (Å²) in [5, 5.41) is 0. The Bertz CT molecular complexity index is 273. The lowest BCUT2D eigenvalue weighted by Gasteiger charge is -2.13. The van der Waals surface area contributed by atoms with E-state index >= 15 is 0 Å². The molecule has 1 saturated heterocycles. The molecule has 70 valence electrons. The SMILES string of the molecule is CN1C[C@H](c2cccnc2)[C@@H](N)C1. The van der Waals surface area contributed by atoms with E-state index in [1.165, 1.54) is 5.56 Å². The van der Waals surface area contributed by atoms with Gasteiger partial charge in [0.15, 0.2) is 0 Å². The van der Waals surface area contributed by atoms with Crippen molar-refractivity contribution in [2.24, 2.45) is 5.73 Å². The summed E-state index contributed by atoms with van der Waals surface area (Å²) in [6.45, 7) is 2.03. The summed E-state index contributed by atoms with van der Waals surface area (Å²) >= 11 is 0. The summed E-state index contributed by atoms with van der Waals surface area (Å²) in [5.41, 5.74) is 7.30. The molecule has 0 spiro atoms. The number of likely N-dealkylation sites (tertiary alicyclic amines) is 1. The highest BCUT2D eigenvalue weighted by Crippen LogP contribution is 2.24. The molecular formula is C10H15N3. The first-order valence-electron chi connectivity index (χ1n) is 4.61. The van der Waals surface area contributed by atoms with Crippen LogP contribution in [-0.2, 0) is 0 Å². The minimum atomic E-state index is 0.259. The Hall–Kier alpha value is -0.930. The van der Waals surface area contributed by atoms with Crippen LogP contribution in [0, 0.1) is 0 Å². The molecule has 0 saturated carbocycles. The number of rotatable bonds is 1. The zero-order valence-electron chi connectivity index (χ0n) is 7.85. The van der Waals surface area contributed by atoms with Gasteiger partial charge in [-0.25, -0.2) is 0 Å². The molecule has 2 atom stereocenters. The van der Waals surface area contributed by atoms with Crippen LogP contribution in [0.3, 0.4) is 0 Å². The Morgan fingerprint density at radius 1 is 1.54 bits per heavy atom. The summed E-state index contributed by atoms with van der Waals surface area (Å²) in [5.74, 6) is 0.457. The van der Waals surface area contributed by atoms with Crippen molar-refractivity contribution in [2.45, 2.75) is 12.0 Å². The summed E-state index contributed by atoms with van der Waals surface area (Å²) < 4.78 is 0. The standard InChI is InChI=1S/C10H15N3/c1-13-6-9(10(11)7-13)8-3-2-4-12-5-8/h2-5,9-10H,6-7,11H2,1H3/t9-,10+/m1/s1. The lowest BCUT2D eigenvalue weighted by molar-refractivity contribution is 0.407. The van der Waals surface area contributed by atoms with Crippen LogP contribution in [-0.4, -0.2) is 36.1 Å². The van der Waals surface area contributed by atoms with Gasteiger partial charge >= 0.3 is 0 Å². The molecule has 0 aliphatic carbocycles. The van der Waals surface area contributed by atoms with E-state index in [2.05, 4.69) is 23.0 Å². The van der Waals surface area contributed by atoms with Crippen LogP contribution in [0.1, 0.15) is 11.5 Å². The largest absolute Gasteiger partial charge is 0.326 e. The number of likely N-dealkylation sites (N-methyl/N-ethyl adjacent to an activating group) is 1. The van der Waals surface area contributed by atoms with E-state index in [0.717, 1.165) is 13.1 Å². The van der Waals surface area contributed by atoms with Crippen LogP contribution >= 0.6 is 0 Å². The van der Waals surface area contributed by atoms with E-state index in [1.54, 1.807) is 6.20 Å². The second kappa shape index (κ2) is 3.44. The Kier molecular flexibility index (Phi) is 2.29. The van der Waals surface area contributed by atoms with Gasteiger partial charge in [-0.05, 0) is 18.7 Å². The Balaban J connectivity index is 2.18. The molecule has 3 heteroatoms. The Morgan fingerprint density at radius 2 is 2.38 bits per heavy atom. The predicted molar refractivity (Wildman–Crippen MR) is 52.5 cm³/mol. The van der Waals surface area contributed by atoms with Gasteiger partial charge < -0.3 is 10.6 Å². The molecule has 3 nitrogen and oxygen atoms in total. The molecule has 1 aromatic rings. The van der Waals surface area contributed by atoms with Crippen molar-refractivity contribution in [1.82, 2.24) is 9.88 Å². The molecule has 2 N–H and O–H groups in total. The highest BCUT2D eigenvalue weighted by Gasteiger charge is 2.28. The quantitative estimate of drug-likeness (QED) is 0.676. The summed E-state index contributed by atoms with van der Waals surface area (Å²) in [7, 11) is 2.11. The van der Waals surface area contributed by atoms with Gasteiger partial charge in [0.2, 0.25) is 0 Å².